The molecule has 4 rings (SSSR count). The highest BCUT2D eigenvalue weighted by Crippen LogP contribution is 2.40. The minimum Gasteiger partial charge on any atom is -0.462 e. The van der Waals surface area contributed by atoms with Gasteiger partial charge in [0.25, 0.3) is 5.91 Å². The van der Waals surface area contributed by atoms with E-state index in [-0.39, 0.29) is 12.5 Å². The smallest absolute Gasteiger partial charge is 0.338 e. The zero-order chi connectivity index (χ0) is 23.4. The number of amides is 3. The first-order chi connectivity index (χ1) is 16.0. The number of hydrogen-bond donors (Lipinski definition) is 2. The second-order valence-corrected chi connectivity index (χ2v) is 7.25. The van der Waals surface area contributed by atoms with Gasteiger partial charge in [-0.25, -0.2) is 9.59 Å². The zero-order valence-electron chi connectivity index (χ0n) is 18.3. The van der Waals surface area contributed by atoms with Gasteiger partial charge in [0.15, 0.2) is 0 Å². The van der Waals surface area contributed by atoms with Crippen LogP contribution in [-0.4, -0.2) is 31.6 Å². The Morgan fingerprint density at radius 1 is 0.939 bits per heavy atom. The average molecular weight is 441 g/mol. The molecule has 0 atom stereocenters. The SMILES string of the molecule is CCOC(=O)c1cccc(N(C(=O)NC)/C(=C2\C(=O)Nc3ccccc32)c2ccccc2)c1. The van der Waals surface area contributed by atoms with E-state index in [2.05, 4.69) is 10.6 Å². The Morgan fingerprint density at radius 3 is 2.36 bits per heavy atom. The van der Waals surface area contributed by atoms with Crippen LogP contribution in [0.15, 0.2) is 78.9 Å². The summed E-state index contributed by atoms with van der Waals surface area (Å²) >= 11 is 0. The Balaban J connectivity index is 1.99. The van der Waals surface area contributed by atoms with E-state index in [1.54, 1.807) is 31.2 Å². The Kier molecular flexibility index (Phi) is 6.22. The fourth-order valence-electron chi connectivity index (χ4n) is 3.78. The number of ether oxygens (including phenoxy) is 1. The zero-order valence-corrected chi connectivity index (χ0v) is 18.3. The molecule has 0 spiro atoms. The van der Waals surface area contributed by atoms with Crippen molar-refractivity contribution in [3.8, 4) is 0 Å². The summed E-state index contributed by atoms with van der Waals surface area (Å²) < 4.78 is 5.12. The topological polar surface area (TPSA) is 87.7 Å². The van der Waals surface area contributed by atoms with Gasteiger partial charge in [0.05, 0.1) is 29.1 Å². The summed E-state index contributed by atoms with van der Waals surface area (Å²) in [5.41, 5.74) is 3.52. The fourth-order valence-corrected chi connectivity index (χ4v) is 3.78. The maximum Gasteiger partial charge on any atom is 0.338 e. The van der Waals surface area contributed by atoms with Crippen LogP contribution in [0.3, 0.4) is 0 Å². The number of carbonyl (C=O) groups excluding carboxylic acids is 3. The third kappa shape index (κ3) is 4.21. The van der Waals surface area contributed by atoms with E-state index in [4.69, 9.17) is 4.74 Å². The van der Waals surface area contributed by atoms with Crippen molar-refractivity contribution in [2.24, 2.45) is 0 Å². The molecule has 166 valence electrons. The Labute approximate surface area is 191 Å². The number of para-hydroxylation sites is 1. The third-order valence-electron chi connectivity index (χ3n) is 5.21. The van der Waals surface area contributed by atoms with Crippen molar-refractivity contribution < 1.29 is 19.1 Å². The fraction of sp³-hybridized carbons (Fsp3) is 0.115. The number of anilines is 2. The van der Waals surface area contributed by atoms with E-state index in [9.17, 15) is 14.4 Å². The van der Waals surface area contributed by atoms with E-state index >= 15 is 0 Å². The summed E-state index contributed by atoms with van der Waals surface area (Å²) in [6.45, 7) is 1.96. The highest BCUT2D eigenvalue weighted by atomic mass is 16.5. The van der Waals surface area contributed by atoms with Gasteiger partial charge in [0.1, 0.15) is 0 Å². The lowest BCUT2D eigenvalue weighted by atomic mass is 9.98. The highest BCUT2D eigenvalue weighted by molar-refractivity contribution is 6.39. The molecule has 0 fully saturated rings. The van der Waals surface area contributed by atoms with Crippen LogP contribution < -0.4 is 15.5 Å². The summed E-state index contributed by atoms with van der Waals surface area (Å²) in [5, 5.41) is 5.53. The van der Waals surface area contributed by atoms with Gasteiger partial charge in [0, 0.05) is 18.3 Å². The molecule has 0 radical (unpaired) electrons. The van der Waals surface area contributed by atoms with Crippen molar-refractivity contribution in [2.45, 2.75) is 6.92 Å². The van der Waals surface area contributed by atoms with E-state index in [0.717, 1.165) is 0 Å². The molecule has 0 aliphatic carbocycles. The van der Waals surface area contributed by atoms with Gasteiger partial charge in [-0.3, -0.25) is 9.69 Å². The van der Waals surface area contributed by atoms with Gasteiger partial charge >= 0.3 is 12.0 Å². The monoisotopic (exact) mass is 441 g/mol. The minimum atomic E-state index is -0.492. The van der Waals surface area contributed by atoms with Crippen molar-refractivity contribution in [3.63, 3.8) is 0 Å². The van der Waals surface area contributed by atoms with Gasteiger partial charge in [-0.1, -0.05) is 54.6 Å². The summed E-state index contributed by atoms with van der Waals surface area (Å²) in [5.74, 6) is -0.806. The Morgan fingerprint density at radius 2 is 1.64 bits per heavy atom. The molecule has 0 unspecified atom stereocenters. The number of nitrogens with one attached hydrogen (secondary N) is 2. The maximum atomic E-state index is 13.2. The number of rotatable bonds is 5. The number of benzene rings is 3. The van der Waals surface area contributed by atoms with Crippen LogP contribution >= 0.6 is 0 Å². The lowest BCUT2D eigenvalue weighted by Crippen LogP contribution is -2.38. The van der Waals surface area contributed by atoms with Crippen LogP contribution in [0.1, 0.15) is 28.4 Å². The minimum absolute atomic E-state index is 0.235. The third-order valence-corrected chi connectivity index (χ3v) is 5.21. The van der Waals surface area contributed by atoms with Crippen LogP contribution in [0.4, 0.5) is 16.2 Å². The van der Waals surface area contributed by atoms with Crippen molar-refractivity contribution in [1.82, 2.24) is 5.32 Å². The number of carbonyl (C=O) groups is 3. The van der Waals surface area contributed by atoms with Crippen molar-refractivity contribution in [1.29, 1.82) is 0 Å². The Bertz CT molecular complexity index is 1250. The number of esters is 1. The average Bonchev–Trinajstić information content (AvgIpc) is 3.18. The molecule has 0 bridgehead atoms. The van der Waals surface area contributed by atoms with E-state index < -0.39 is 12.0 Å². The Hall–Kier alpha value is -4.39. The molecule has 2 N–H and O–H groups in total. The van der Waals surface area contributed by atoms with Gasteiger partial charge in [-0.2, -0.15) is 0 Å². The lowest BCUT2D eigenvalue weighted by molar-refractivity contribution is -0.110. The van der Waals surface area contributed by atoms with E-state index in [1.807, 2.05) is 54.6 Å². The van der Waals surface area contributed by atoms with E-state index in [0.29, 0.717) is 39.3 Å². The lowest BCUT2D eigenvalue weighted by Gasteiger charge is -2.27. The second kappa shape index (κ2) is 9.40. The molecular formula is C26H23N3O4. The van der Waals surface area contributed by atoms with Gasteiger partial charge in [-0.05, 0) is 36.8 Å². The molecule has 0 saturated carbocycles. The molecule has 33 heavy (non-hydrogen) atoms. The van der Waals surface area contributed by atoms with E-state index in [1.165, 1.54) is 11.9 Å². The van der Waals surface area contributed by atoms with Crippen molar-refractivity contribution in [2.75, 3.05) is 23.9 Å². The maximum absolute atomic E-state index is 13.2. The van der Waals surface area contributed by atoms with Crippen molar-refractivity contribution >= 4 is 40.6 Å². The van der Waals surface area contributed by atoms with Crippen molar-refractivity contribution in [3.05, 3.63) is 95.6 Å². The largest absolute Gasteiger partial charge is 0.462 e. The molecule has 0 saturated heterocycles. The predicted octanol–water partition coefficient (Wildman–Crippen LogP) is 4.53. The number of hydrogen-bond acceptors (Lipinski definition) is 4. The molecule has 7 heteroatoms. The summed E-state index contributed by atoms with van der Waals surface area (Å²) in [7, 11) is 1.51. The molecule has 3 amide bonds. The van der Waals surface area contributed by atoms with Crippen LogP contribution in [0.25, 0.3) is 11.3 Å². The molecule has 1 heterocycles. The van der Waals surface area contributed by atoms with Gasteiger partial charge in [0.2, 0.25) is 0 Å². The molecule has 3 aromatic rings. The summed E-state index contributed by atoms with van der Waals surface area (Å²) in [6, 6.07) is 22.7. The second-order valence-electron chi connectivity index (χ2n) is 7.25. The number of fused-ring (bicyclic) bond motifs is 1. The summed E-state index contributed by atoms with van der Waals surface area (Å²) in [4.78, 5) is 40.2. The highest BCUT2D eigenvalue weighted by Gasteiger charge is 2.33. The van der Waals surface area contributed by atoms with Gasteiger partial charge < -0.3 is 15.4 Å². The molecule has 1 aliphatic rings. The molecule has 7 nitrogen and oxygen atoms in total. The predicted molar refractivity (Wildman–Crippen MR) is 128 cm³/mol. The molecule has 0 aromatic heterocycles. The first kappa shape index (κ1) is 21.8. The summed E-state index contributed by atoms with van der Waals surface area (Å²) in [6.07, 6.45) is 0. The van der Waals surface area contributed by atoms with Crippen LogP contribution in [0.2, 0.25) is 0 Å². The molecule has 3 aromatic carbocycles. The number of nitrogens with zero attached hydrogens (tertiary/aromatic N) is 1. The molecular weight excluding hydrogens is 418 g/mol. The van der Waals surface area contributed by atoms with Crippen LogP contribution in [0.5, 0.6) is 0 Å². The van der Waals surface area contributed by atoms with Crippen LogP contribution in [0, 0.1) is 0 Å². The first-order valence-electron chi connectivity index (χ1n) is 10.5. The van der Waals surface area contributed by atoms with Crippen LogP contribution in [-0.2, 0) is 9.53 Å². The molecule has 1 aliphatic heterocycles. The normalized spacial score (nSPS) is 13.6. The number of urea groups is 1. The quantitative estimate of drug-likeness (QED) is 0.450. The first-order valence-corrected chi connectivity index (χ1v) is 10.5. The standard InChI is InChI=1S/C26H23N3O4/c1-3-33-25(31)18-12-9-13-19(16-18)29(26(32)27-2)23(17-10-5-4-6-11-17)22-20-14-7-8-15-21(20)28-24(22)30/h4-16H,3H2,1-2H3,(H,27,32)(H,28,30)/b23-22-. The van der Waals surface area contributed by atoms with Gasteiger partial charge in [-0.15, -0.1) is 0 Å².